The van der Waals surface area contributed by atoms with E-state index in [0.29, 0.717) is 25.7 Å². The molecule has 2 N–H and O–H groups in total. The number of carboxylic acid groups (broad SMARTS) is 1. The number of hydrogen-bond donors (Lipinski definition) is 2. The molecule has 1 aliphatic rings. The number of likely N-dealkylation sites (N-methyl/N-ethyl adjacent to an activating group) is 1. The topological polar surface area (TPSA) is 82.1 Å². The van der Waals surface area contributed by atoms with Gasteiger partial charge in [0.05, 0.1) is 19.1 Å². The second-order valence-corrected chi connectivity index (χ2v) is 5.70. The maximum atomic E-state index is 12.0. The molecule has 1 fully saturated rings. The Balaban J connectivity index is 2.19. The average Bonchev–Trinajstić information content (AvgIpc) is 2.44. The van der Waals surface area contributed by atoms with Crippen LogP contribution in [0.2, 0.25) is 0 Å². The number of amides is 2. The number of nitrogens with one attached hydrogen (secondary N) is 1. The number of aliphatic carboxylic acids is 1. The summed E-state index contributed by atoms with van der Waals surface area (Å²) in [6.07, 6.45) is 1.62. The lowest BCUT2D eigenvalue weighted by molar-refractivity contribution is -0.138. The van der Waals surface area contributed by atoms with Gasteiger partial charge < -0.3 is 25.0 Å². The van der Waals surface area contributed by atoms with Crippen molar-refractivity contribution in [1.82, 2.24) is 15.1 Å². The number of rotatable bonds is 7. The third kappa shape index (κ3) is 6.77. The zero-order valence-electron chi connectivity index (χ0n) is 13.2. The standard InChI is InChI=1S/C14H27N3O4/c1-11(16(2)3)10-15-14(20)17-7-4-12(5-8-17)21-9-6-13(18)19/h11-12H,4-10H2,1-3H3,(H,15,20)(H,18,19). The SMILES string of the molecule is CC(CNC(=O)N1CCC(OCCC(=O)O)CC1)N(C)C. The second-order valence-electron chi connectivity index (χ2n) is 5.70. The van der Waals surface area contributed by atoms with Crippen molar-refractivity contribution in [3.63, 3.8) is 0 Å². The molecule has 2 amide bonds. The molecule has 0 bridgehead atoms. The number of piperidine rings is 1. The third-order valence-electron chi connectivity index (χ3n) is 3.83. The first-order valence-electron chi connectivity index (χ1n) is 7.42. The van der Waals surface area contributed by atoms with E-state index in [0.717, 1.165) is 12.8 Å². The zero-order chi connectivity index (χ0) is 15.8. The van der Waals surface area contributed by atoms with Gasteiger partial charge >= 0.3 is 12.0 Å². The molecule has 7 nitrogen and oxygen atoms in total. The van der Waals surface area contributed by atoms with Gasteiger partial charge in [0.25, 0.3) is 0 Å². The minimum Gasteiger partial charge on any atom is -0.481 e. The summed E-state index contributed by atoms with van der Waals surface area (Å²) in [5, 5.41) is 11.5. The molecule has 1 aliphatic heterocycles. The highest BCUT2D eigenvalue weighted by Gasteiger charge is 2.23. The van der Waals surface area contributed by atoms with Crippen LogP contribution in [0.5, 0.6) is 0 Å². The van der Waals surface area contributed by atoms with Crippen LogP contribution >= 0.6 is 0 Å². The first-order valence-corrected chi connectivity index (χ1v) is 7.42. The van der Waals surface area contributed by atoms with Gasteiger partial charge in [-0.3, -0.25) is 4.79 Å². The molecule has 0 aromatic rings. The van der Waals surface area contributed by atoms with Crippen LogP contribution in [-0.4, -0.2) is 79.4 Å². The molecule has 7 heteroatoms. The normalized spacial score (nSPS) is 17.8. The van der Waals surface area contributed by atoms with E-state index in [1.54, 1.807) is 4.90 Å². The van der Waals surface area contributed by atoms with Crippen molar-refractivity contribution < 1.29 is 19.4 Å². The maximum Gasteiger partial charge on any atom is 0.317 e. The molecule has 21 heavy (non-hydrogen) atoms. The molecule has 1 saturated heterocycles. The van der Waals surface area contributed by atoms with Gasteiger partial charge in [0.1, 0.15) is 0 Å². The first kappa shape index (κ1) is 17.7. The predicted octanol–water partition coefficient (Wildman–Crippen LogP) is 0.602. The molecule has 0 radical (unpaired) electrons. The monoisotopic (exact) mass is 301 g/mol. The van der Waals surface area contributed by atoms with Gasteiger partial charge in [-0.05, 0) is 33.9 Å². The quantitative estimate of drug-likeness (QED) is 0.719. The van der Waals surface area contributed by atoms with Gasteiger partial charge in [0.2, 0.25) is 0 Å². The molecular formula is C14H27N3O4. The van der Waals surface area contributed by atoms with Crippen molar-refractivity contribution >= 4 is 12.0 Å². The molecule has 1 unspecified atom stereocenters. The predicted molar refractivity (Wildman–Crippen MR) is 79.3 cm³/mol. The number of carbonyl (C=O) groups is 2. The molecule has 1 heterocycles. The summed E-state index contributed by atoms with van der Waals surface area (Å²) in [5.74, 6) is -0.846. The van der Waals surface area contributed by atoms with Crippen molar-refractivity contribution in [1.29, 1.82) is 0 Å². The van der Waals surface area contributed by atoms with Crippen LogP contribution in [0.15, 0.2) is 0 Å². The lowest BCUT2D eigenvalue weighted by Crippen LogP contribution is -2.48. The summed E-state index contributed by atoms with van der Waals surface area (Å²) in [4.78, 5) is 26.3. The van der Waals surface area contributed by atoms with Crippen LogP contribution < -0.4 is 5.32 Å². The van der Waals surface area contributed by atoms with Gasteiger partial charge in [-0.2, -0.15) is 0 Å². The lowest BCUT2D eigenvalue weighted by Gasteiger charge is -2.32. The zero-order valence-corrected chi connectivity index (χ0v) is 13.2. The van der Waals surface area contributed by atoms with Crippen molar-refractivity contribution in [3.8, 4) is 0 Å². The molecule has 0 saturated carbocycles. The van der Waals surface area contributed by atoms with E-state index in [4.69, 9.17) is 9.84 Å². The summed E-state index contributed by atoms with van der Waals surface area (Å²) in [6, 6.07) is 0.263. The highest BCUT2D eigenvalue weighted by molar-refractivity contribution is 5.74. The van der Waals surface area contributed by atoms with E-state index in [1.807, 2.05) is 14.1 Å². The first-order chi connectivity index (χ1) is 9.90. The Hall–Kier alpha value is -1.34. The number of hydrogen-bond acceptors (Lipinski definition) is 4. The fourth-order valence-corrected chi connectivity index (χ4v) is 2.07. The average molecular weight is 301 g/mol. The Bertz CT molecular complexity index is 341. The van der Waals surface area contributed by atoms with Crippen LogP contribution in [0.3, 0.4) is 0 Å². The number of carbonyl (C=O) groups excluding carboxylic acids is 1. The van der Waals surface area contributed by atoms with Crippen molar-refractivity contribution in [2.45, 2.75) is 38.3 Å². The van der Waals surface area contributed by atoms with Gasteiger partial charge in [0, 0.05) is 25.7 Å². The molecule has 0 aromatic carbocycles. The summed E-state index contributed by atoms with van der Waals surface area (Å²) >= 11 is 0. The van der Waals surface area contributed by atoms with Crippen LogP contribution in [0.25, 0.3) is 0 Å². The van der Waals surface area contributed by atoms with E-state index < -0.39 is 5.97 Å². The Morgan fingerprint density at radius 1 is 1.38 bits per heavy atom. The van der Waals surface area contributed by atoms with Gasteiger partial charge in [-0.15, -0.1) is 0 Å². The third-order valence-corrected chi connectivity index (χ3v) is 3.83. The summed E-state index contributed by atoms with van der Waals surface area (Å²) < 4.78 is 5.51. The fraction of sp³-hybridized carbons (Fsp3) is 0.857. The van der Waals surface area contributed by atoms with Crippen LogP contribution in [-0.2, 0) is 9.53 Å². The van der Waals surface area contributed by atoms with Crippen molar-refractivity contribution in [2.75, 3.05) is 40.3 Å². The van der Waals surface area contributed by atoms with E-state index in [9.17, 15) is 9.59 Å². The van der Waals surface area contributed by atoms with Crippen molar-refractivity contribution in [3.05, 3.63) is 0 Å². The number of likely N-dealkylation sites (tertiary alicyclic amines) is 1. The summed E-state index contributed by atoms with van der Waals surface area (Å²) in [5.41, 5.74) is 0. The molecule has 0 aromatic heterocycles. The van der Waals surface area contributed by atoms with Crippen LogP contribution in [0, 0.1) is 0 Å². The Morgan fingerprint density at radius 3 is 2.52 bits per heavy atom. The Kier molecular flexibility index (Phi) is 7.45. The minimum absolute atomic E-state index is 0.0309. The smallest absolute Gasteiger partial charge is 0.317 e. The lowest BCUT2D eigenvalue weighted by atomic mass is 10.1. The molecule has 0 aliphatic carbocycles. The van der Waals surface area contributed by atoms with Crippen molar-refractivity contribution in [2.24, 2.45) is 0 Å². The van der Waals surface area contributed by atoms with Gasteiger partial charge in [-0.25, -0.2) is 4.79 Å². The Labute approximate surface area is 126 Å². The maximum absolute atomic E-state index is 12.0. The van der Waals surface area contributed by atoms with E-state index in [1.165, 1.54) is 0 Å². The van der Waals surface area contributed by atoms with Crippen LogP contribution in [0.4, 0.5) is 4.79 Å². The minimum atomic E-state index is -0.846. The second kappa shape index (κ2) is 8.84. The van der Waals surface area contributed by atoms with E-state index in [2.05, 4.69) is 17.1 Å². The molecular weight excluding hydrogens is 274 g/mol. The van der Waals surface area contributed by atoms with E-state index in [-0.39, 0.29) is 25.2 Å². The van der Waals surface area contributed by atoms with Gasteiger partial charge in [-0.1, -0.05) is 0 Å². The van der Waals surface area contributed by atoms with Gasteiger partial charge in [0.15, 0.2) is 0 Å². The largest absolute Gasteiger partial charge is 0.481 e. The van der Waals surface area contributed by atoms with E-state index >= 15 is 0 Å². The highest BCUT2D eigenvalue weighted by atomic mass is 16.5. The molecule has 122 valence electrons. The summed E-state index contributed by atoms with van der Waals surface area (Å²) in [7, 11) is 3.97. The molecule has 0 spiro atoms. The Morgan fingerprint density at radius 2 is 2.00 bits per heavy atom. The molecule has 1 atom stereocenters. The van der Waals surface area contributed by atoms with Crippen LogP contribution in [0.1, 0.15) is 26.2 Å². The highest BCUT2D eigenvalue weighted by Crippen LogP contribution is 2.14. The fourth-order valence-electron chi connectivity index (χ4n) is 2.07. The molecule has 1 rings (SSSR count). The summed E-state index contributed by atoms with van der Waals surface area (Å²) in [6.45, 7) is 4.23. The number of nitrogens with zero attached hydrogens (tertiary/aromatic N) is 2. The number of ether oxygens (including phenoxy) is 1. The number of carboxylic acids is 1. The number of urea groups is 1.